The molecular weight excluding hydrogens is 212 g/mol. The van der Waals surface area contributed by atoms with E-state index < -0.39 is 0 Å². The monoisotopic (exact) mass is 234 g/mol. The van der Waals surface area contributed by atoms with E-state index in [2.05, 4.69) is 40.9 Å². The van der Waals surface area contributed by atoms with E-state index in [9.17, 15) is 0 Å². The topological polar surface area (TPSA) is 45.4 Å². The van der Waals surface area contributed by atoms with Gasteiger partial charge in [0.05, 0.1) is 5.69 Å². The molecule has 2 N–H and O–H groups in total. The summed E-state index contributed by atoms with van der Waals surface area (Å²) in [5, 5.41) is 0. The van der Waals surface area contributed by atoms with E-state index in [0.29, 0.717) is 12.6 Å². The van der Waals surface area contributed by atoms with Gasteiger partial charge in [-0.3, -0.25) is 9.88 Å². The predicted octanol–water partition coefficient (Wildman–Crippen LogP) is 1.07. The van der Waals surface area contributed by atoms with E-state index in [0.717, 1.165) is 25.3 Å². The Bertz CT molecular complexity index is 366. The quantitative estimate of drug-likeness (QED) is 0.850. The van der Waals surface area contributed by atoms with Crippen LogP contribution in [0.25, 0.3) is 0 Å². The lowest BCUT2D eigenvalue weighted by Crippen LogP contribution is -2.51. The van der Waals surface area contributed by atoms with Crippen molar-refractivity contribution in [3.63, 3.8) is 0 Å². The second-order valence-electron chi connectivity index (χ2n) is 4.70. The summed E-state index contributed by atoms with van der Waals surface area (Å²) in [7, 11) is 2.21. The van der Waals surface area contributed by atoms with Crippen molar-refractivity contribution in [2.75, 3.05) is 31.6 Å². The van der Waals surface area contributed by atoms with E-state index in [1.165, 1.54) is 12.1 Å². The second-order valence-corrected chi connectivity index (χ2v) is 4.70. The average Bonchev–Trinajstić information content (AvgIpc) is 2.39. The van der Waals surface area contributed by atoms with Crippen molar-refractivity contribution < 1.29 is 0 Å². The van der Waals surface area contributed by atoms with Crippen LogP contribution >= 0.6 is 0 Å². The molecule has 1 aromatic heterocycles. The zero-order chi connectivity index (χ0) is 12.3. The van der Waals surface area contributed by atoms with E-state index >= 15 is 0 Å². The molecule has 2 heterocycles. The van der Waals surface area contributed by atoms with Gasteiger partial charge in [0.15, 0.2) is 0 Å². The molecule has 1 fully saturated rings. The molecule has 0 saturated carbocycles. The van der Waals surface area contributed by atoms with Gasteiger partial charge in [-0.05, 0) is 25.6 Å². The highest BCUT2D eigenvalue weighted by Crippen LogP contribution is 2.19. The summed E-state index contributed by atoms with van der Waals surface area (Å²) in [5.41, 5.74) is 7.86. The summed E-state index contributed by atoms with van der Waals surface area (Å²) in [5.74, 6) is 0. The molecule has 0 aliphatic carbocycles. The fourth-order valence-electron chi connectivity index (χ4n) is 2.40. The van der Waals surface area contributed by atoms with Crippen LogP contribution in [0.2, 0.25) is 0 Å². The van der Waals surface area contributed by atoms with Crippen LogP contribution in [-0.4, -0.2) is 42.6 Å². The van der Waals surface area contributed by atoms with Crippen molar-refractivity contribution >= 4 is 5.69 Å². The van der Waals surface area contributed by atoms with Gasteiger partial charge in [0.1, 0.15) is 0 Å². The van der Waals surface area contributed by atoms with Crippen molar-refractivity contribution in [2.45, 2.75) is 25.9 Å². The first-order valence-corrected chi connectivity index (χ1v) is 6.34. The number of nitrogens with zero attached hydrogens (tertiary/aromatic N) is 3. The zero-order valence-electron chi connectivity index (χ0n) is 10.8. The lowest BCUT2D eigenvalue weighted by atomic mass is 10.1. The fraction of sp³-hybridized carbons (Fsp3) is 0.615. The molecule has 1 aliphatic rings. The van der Waals surface area contributed by atoms with E-state index in [-0.39, 0.29) is 0 Å². The first kappa shape index (κ1) is 12.3. The highest BCUT2D eigenvalue weighted by molar-refractivity contribution is 5.47. The molecule has 1 aromatic rings. The Morgan fingerprint density at radius 3 is 3.00 bits per heavy atom. The molecule has 0 radical (unpaired) electrons. The van der Waals surface area contributed by atoms with Crippen molar-refractivity contribution in [2.24, 2.45) is 5.73 Å². The van der Waals surface area contributed by atoms with Crippen LogP contribution in [0.3, 0.4) is 0 Å². The van der Waals surface area contributed by atoms with Crippen LogP contribution in [0.15, 0.2) is 18.3 Å². The average molecular weight is 234 g/mol. The summed E-state index contributed by atoms with van der Waals surface area (Å²) in [6.07, 6.45) is 3.05. The van der Waals surface area contributed by atoms with Crippen molar-refractivity contribution in [1.82, 2.24) is 9.88 Å². The van der Waals surface area contributed by atoms with Crippen molar-refractivity contribution in [1.29, 1.82) is 0 Å². The SMILES string of the molecule is CCC1CN(c2ccnc(CN)c2)CCN1C. The molecule has 0 amide bonds. The van der Waals surface area contributed by atoms with Crippen molar-refractivity contribution in [3.05, 3.63) is 24.0 Å². The number of pyridine rings is 1. The second kappa shape index (κ2) is 5.47. The molecular formula is C13H22N4. The Hall–Kier alpha value is -1.13. The van der Waals surface area contributed by atoms with Gasteiger partial charge < -0.3 is 10.6 Å². The summed E-state index contributed by atoms with van der Waals surface area (Å²) in [4.78, 5) is 9.13. The number of anilines is 1. The summed E-state index contributed by atoms with van der Waals surface area (Å²) < 4.78 is 0. The maximum atomic E-state index is 5.63. The minimum absolute atomic E-state index is 0.513. The molecule has 1 saturated heterocycles. The third-order valence-electron chi connectivity index (χ3n) is 3.62. The summed E-state index contributed by atoms with van der Waals surface area (Å²) >= 11 is 0. The van der Waals surface area contributed by atoms with Gasteiger partial charge in [-0.2, -0.15) is 0 Å². The maximum absolute atomic E-state index is 5.63. The Labute approximate surface area is 103 Å². The minimum Gasteiger partial charge on any atom is -0.369 e. The maximum Gasteiger partial charge on any atom is 0.0560 e. The molecule has 1 atom stereocenters. The molecule has 94 valence electrons. The van der Waals surface area contributed by atoms with Crippen molar-refractivity contribution in [3.8, 4) is 0 Å². The lowest BCUT2D eigenvalue weighted by Gasteiger charge is -2.40. The lowest BCUT2D eigenvalue weighted by molar-refractivity contribution is 0.213. The number of hydrogen-bond acceptors (Lipinski definition) is 4. The molecule has 0 aromatic carbocycles. The normalized spacial score (nSPS) is 21.8. The van der Waals surface area contributed by atoms with Crippen LogP contribution in [0.1, 0.15) is 19.0 Å². The van der Waals surface area contributed by atoms with Gasteiger partial charge in [0, 0.05) is 44.1 Å². The van der Waals surface area contributed by atoms with Crippen LogP contribution in [-0.2, 0) is 6.54 Å². The van der Waals surface area contributed by atoms with Gasteiger partial charge in [-0.15, -0.1) is 0 Å². The Kier molecular flexibility index (Phi) is 3.97. The molecule has 4 heteroatoms. The summed E-state index contributed by atoms with van der Waals surface area (Å²) in [6, 6.07) is 4.84. The van der Waals surface area contributed by atoms with Gasteiger partial charge in [-0.1, -0.05) is 6.92 Å². The first-order chi connectivity index (χ1) is 8.24. The predicted molar refractivity (Wildman–Crippen MR) is 71.1 cm³/mol. The highest BCUT2D eigenvalue weighted by Gasteiger charge is 2.22. The van der Waals surface area contributed by atoms with Gasteiger partial charge in [0.2, 0.25) is 0 Å². The molecule has 0 spiro atoms. The Morgan fingerprint density at radius 2 is 2.29 bits per heavy atom. The Balaban J connectivity index is 2.11. The largest absolute Gasteiger partial charge is 0.369 e. The smallest absolute Gasteiger partial charge is 0.0560 e. The molecule has 4 nitrogen and oxygen atoms in total. The third kappa shape index (κ3) is 2.76. The number of nitrogens with two attached hydrogens (primary N) is 1. The van der Waals surface area contributed by atoms with E-state index in [4.69, 9.17) is 5.73 Å². The molecule has 0 bridgehead atoms. The van der Waals surface area contributed by atoms with E-state index in [1.807, 2.05) is 6.20 Å². The number of aromatic nitrogens is 1. The Morgan fingerprint density at radius 1 is 1.47 bits per heavy atom. The highest BCUT2D eigenvalue weighted by atomic mass is 15.3. The standard InChI is InChI=1S/C13H22N4/c1-3-12-10-17(7-6-16(12)2)13-4-5-15-11(8-13)9-14/h4-5,8,12H,3,6-7,9-10,14H2,1-2H3. The van der Waals surface area contributed by atoms with Crippen LogP contribution in [0, 0.1) is 0 Å². The number of piperazine rings is 1. The molecule has 2 rings (SSSR count). The van der Waals surface area contributed by atoms with Gasteiger partial charge >= 0.3 is 0 Å². The molecule has 1 aliphatic heterocycles. The van der Waals surface area contributed by atoms with E-state index in [1.54, 1.807) is 0 Å². The van der Waals surface area contributed by atoms with Crippen LogP contribution < -0.4 is 10.6 Å². The minimum atomic E-state index is 0.513. The zero-order valence-corrected chi connectivity index (χ0v) is 10.8. The van der Waals surface area contributed by atoms with Gasteiger partial charge in [-0.25, -0.2) is 0 Å². The van der Waals surface area contributed by atoms with Gasteiger partial charge in [0.25, 0.3) is 0 Å². The van der Waals surface area contributed by atoms with Crippen LogP contribution in [0.5, 0.6) is 0 Å². The molecule has 1 unspecified atom stereocenters. The number of hydrogen-bond donors (Lipinski definition) is 1. The van der Waals surface area contributed by atoms with Crippen LogP contribution in [0.4, 0.5) is 5.69 Å². The number of rotatable bonds is 3. The summed E-state index contributed by atoms with van der Waals surface area (Å²) in [6.45, 7) is 6.07. The fourth-order valence-corrected chi connectivity index (χ4v) is 2.40. The number of likely N-dealkylation sites (N-methyl/N-ethyl adjacent to an activating group) is 1. The molecule has 17 heavy (non-hydrogen) atoms. The first-order valence-electron chi connectivity index (χ1n) is 6.34. The third-order valence-corrected chi connectivity index (χ3v) is 3.62.